The van der Waals surface area contributed by atoms with Crippen molar-refractivity contribution in [1.29, 1.82) is 0 Å². The quantitative estimate of drug-likeness (QED) is 0.556. The molecule has 0 spiro atoms. The third-order valence-electron chi connectivity index (χ3n) is 3.25. The van der Waals surface area contributed by atoms with Crippen molar-refractivity contribution in [2.45, 2.75) is 12.8 Å². The second-order valence-corrected chi connectivity index (χ2v) is 4.39. The molecular formula is C17H16ClTi-. The van der Waals surface area contributed by atoms with Crippen molar-refractivity contribution >= 4 is 12.4 Å². The maximum atomic E-state index is 2.24. The molecule has 0 amide bonds. The van der Waals surface area contributed by atoms with Gasteiger partial charge in [-0.2, -0.15) is 0 Å². The predicted octanol–water partition coefficient (Wildman–Crippen LogP) is 4.80. The van der Waals surface area contributed by atoms with E-state index in [9.17, 15) is 0 Å². The molecule has 0 atom stereocenters. The zero-order valence-electron chi connectivity index (χ0n) is 10.7. The molecule has 0 nitrogen and oxygen atoms in total. The minimum absolute atomic E-state index is 0. The fourth-order valence-electron chi connectivity index (χ4n) is 2.45. The van der Waals surface area contributed by atoms with Gasteiger partial charge in [-0.25, -0.2) is 0 Å². The molecule has 0 aromatic heterocycles. The van der Waals surface area contributed by atoms with Crippen molar-refractivity contribution in [3.05, 3.63) is 89.4 Å². The summed E-state index contributed by atoms with van der Waals surface area (Å²) in [6.07, 6.45) is 15.3. The largest absolute Gasteiger partial charge is 0.147 e. The second kappa shape index (κ2) is 7.60. The average Bonchev–Trinajstić information content (AvgIpc) is 3.04. The van der Waals surface area contributed by atoms with Crippen LogP contribution in [-0.4, -0.2) is 0 Å². The van der Waals surface area contributed by atoms with Crippen LogP contribution in [-0.2, 0) is 21.7 Å². The Balaban J connectivity index is 0.000000902. The number of benzene rings is 1. The Kier molecular flexibility index (Phi) is 6.44. The van der Waals surface area contributed by atoms with Crippen molar-refractivity contribution < 1.29 is 21.7 Å². The summed E-state index contributed by atoms with van der Waals surface area (Å²) in [6, 6.07) is 10.7. The SMILES string of the molecule is C1=CCC([C-](C2=CC=CC2)c2ccccc2)=C1.Cl.[Ti]. The first kappa shape index (κ1) is 16.1. The van der Waals surface area contributed by atoms with E-state index < -0.39 is 0 Å². The second-order valence-electron chi connectivity index (χ2n) is 4.39. The molecule has 0 saturated heterocycles. The summed E-state index contributed by atoms with van der Waals surface area (Å²) >= 11 is 0. The summed E-state index contributed by atoms with van der Waals surface area (Å²) in [4.78, 5) is 0. The van der Waals surface area contributed by atoms with Gasteiger partial charge in [-0.05, 0) is 12.8 Å². The molecule has 0 N–H and O–H groups in total. The summed E-state index contributed by atoms with van der Waals surface area (Å²) in [6.45, 7) is 0. The van der Waals surface area contributed by atoms with Crippen molar-refractivity contribution in [3.8, 4) is 0 Å². The van der Waals surface area contributed by atoms with Crippen LogP contribution in [0, 0.1) is 5.92 Å². The third kappa shape index (κ3) is 3.54. The van der Waals surface area contributed by atoms with Crippen LogP contribution in [0.3, 0.4) is 0 Å². The number of rotatable bonds is 3. The summed E-state index contributed by atoms with van der Waals surface area (Å²) in [5, 5.41) is 0. The van der Waals surface area contributed by atoms with E-state index in [0.717, 1.165) is 12.8 Å². The number of hydrogen-bond donors (Lipinski definition) is 0. The zero-order chi connectivity index (χ0) is 11.5. The number of allylic oxidation sites excluding steroid dienone is 8. The molecule has 1 aromatic rings. The first-order valence-electron chi connectivity index (χ1n) is 6.09. The Hall–Kier alpha value is -0.946. The fourth-order valence-corrected chi connectivity index (χ4v) is 2.45. The molecule has 0 radical (unpaired) electrons. The van der Waals surface area contributed by atoms with Crippen LogP contribution < -0.4 is 0 Å². The van der Waals surface area contributed by atoms with Gasteiger partial charge in [0.25, 0.3) is 0 Å². The Labute approximate surface area is 136 Å². The first-order chi connectivity index (χ1) is 8.45. The third-order valence-corrected chi connectivity index (χ3v) is 3.25. The van der Waals surface area contributed by atoms with Crippen LogP contribution in [0.2, 0.25) is 0 Å². The van der Waals surface area contributed by atoms with Crippen molar-refractivity contribution in [1.82, 2.24) is 0 Å². The van der Waals surface area contributed by atoms with Crippen molar-refractivity contribution in [2.24, 2.45) is 0 Å². The average molecular weight is 304 g/mol. The van der Waals surface area contributed by atoms with E-state index in [4.69, 9.17) is 0 Å². The van der Waals surface area contributed by atoms with Gasteiger partial charge in [0.2, 0.25) is 0 Å². The van der Waals surface area contributed by atoms with Crippen LogP contribution in [0.15, 0.2) is 77.9 Å². The van der Waals surface area contributed by atoms with Crippen molar-refractivity contribution in [2.75, 3.05) is 0 Å². The van der Waals surface area contributed by atoms with Gasteiger partial charge in [-0.15, -0.1) is 53.4 Å². The molecule has 1 aromatic carbocycles. The molecule has 0 fully saturated rings. The van der Waals surface area contributed by atoms with Gasteiger partial charge < -0.3 is 0 Å². The molecule has 96 valence electrons. The monoisotopic (exact) mass is 303 g/mol. The molecule has 2 aliphatic rings. The van der Waals surface area contributed by atoms with Crippen LogP contribution in [0.1, 0.15) is 18.4 Å². The Morgan fingerprint density at radius 2 is 1.32 bits per heavy atom. The van der Waals surface area contributed by atoms with E-state index >= 15 is 0 Å². The van der Waals surface area contributed by atoms with E-state index in [-0.39, 0.29) is 34.1 Å². The van der Waals surface area contributed by atoms with Gasteiger partial charge in [0.05, 0.1) is 0 Å². The van der Waals surface area contributed by atoms with Gasteiger partial charge in [0.1, 0.15) is 0 Å². The summed E-state index contributed by atoms with van der Waals surface area (Å²) in [5.74, 6) is 1.42. The molecule has 0 saturated carbocycles. The van der Waals surface area contributed by atoms with Crippen LogP contribution >= 0.6 is 12.4 Å². The molecule has 0 heterocycles. The van der Waals surface area contributed by atoms with E-state index in [0.29, 0.717) is 0 Å². The predicted molar refractivity (Wildman–Crippen MR) is 79.7 cm³/mol. The molecule has 3 rings (SSSR count). The first-order valence-corrected chi connectivity index (χ1v) is 6.09. The van der Waals surface area contributed by atoms with Crippen LogP contribution in [0.4, 0.5) is 0 Å². The molecule has 0 aliphatic heterocycles. The maximum absolute atomic E-state index is 2.24. The van der Waals surface area contributed by atoms with E-state index in [1.165, 1.54) is 22.6 Å². The molecule has 19 heavy (non-hydrogen) atoms. The van der Waals surface area contributed by atoms with Crippen molar-refractivity contribution in [3.63, 3.8) is 0 Å². The molecule has 2 aliphatic carbocycles. The van der Waals surface area contributed by atoms with Gasteiger partial charge >= 0.3 is 0 Å². The molecule has 0 bridgehead atoms. The fraction of sp³-hybridized carbons (Fsp3) is 0.118. The number of halogens is 1. The van der Waals surface area contributed by atoms with Crippen LogP contribution in [0.5, 0.6) is 0 Å². The molecule has 2 heteroatoms. The normalized spacial score (nSPS) is 15.4. The van der Waals surface area contributed by atoms with E-state index in [2.05, 4.69) is 66.8 Å². The Morgan fingerprint density at radius 1 is 0.789 bits per heavy atom. The van der Waals surface area contributed by atoms with Gasteiger partial charge in [0, 0.05) is 21.7 Å². The zero-order valence-corrected chi connectivity index (χ0v) is 13.1. The standard InChI is InChI=1S/C17H15.ClH.Ti/c1-2-8-14(9-3-1)17(15-10-4-5-11-15)16-12-6-7-13-16;;/h1-10,12H,11,13H2;1H;/q-1;;. The van der Waals surface area contributed by atoms with Gasteiger partial charge in [-0.3, -0.25) is 0 Å². The van der Waals surface area contributed by atoms with E-state index in [1.54, 1.807) is 0 Å². The van der Waals surface area contributed by atoms with Crippen LogP contribution in [0.25, 0.3) is 0 Å². The molecule has 0 unspecified atom stereocenters. The summed E-state index contributed by atoms with van der Waals surface area (Å²) in [7, 11) is 0. The van der Waals surface area contributed by atoms with Gasteiger partial charge in [0.15, 0.2) is 0 Å². The summed E-state index contributed by atoms with van der Waals surface area (Å²) in [5.41, 5.74) is 4.20. The maximum Gasteiger partial charge on any atom is 0 e. The molecular weight excluding hydrogens is 288 g/mol. The smallest absolute Gasteiger partial charge is 0 e. The van der Waals surface area contributed by atoms with Gasteiger partial charge in [-0.1, -0.05) is 48.4 Å². The summed E-state index contributed by atoms with van der Waals surface area (Å²) < 4.78 is 0. The minimum Gasteiger partial charge on any atom is -0.147 e. The number of hydrogen-bond acceptors (Lipinski definition) is 0. The Bertz CT molecular complexity index is 493. The topological polar surface area (TPSA) is 0 Å². The minimum atomic E-state index is 0. The Morgan fingerprint density at radius 3 is 1.74 bits per heavy atom. The van der Waals surface area contributed by atoms with E-state index in [1.807, 2.05) is 0 Å².